The number of rotatable bonds is 4. The first-order valence-corrected chi connectivity index (χ1v) is 6.07. The van der Waals surface area contributed by atoms with E-state index in [0.29, 0.717) is 12.3 Å². The normalized spacial score (nSPS) is 12.6. The molecule has 0 spiro atoms. The zero-order valence-electron chi connectivity index (χ0n) is 11.0. The van der Waals surface area contributed by atoms with Gasteiger partial charge in [0.2, 0.25) is 0 Å². The fraction of sp³-hybridized carbons (Fsp3) is 0.357. The molecule has 0 aliphatic heterocycles. The van der Waals surface area contributed by atoms with Crippen LogP contribution in [0.1, 0.15) is 29.8 Å². The number of aryl methyl sites for hydroxylation is 2. The molecule has 0 radical (unpaired) electrons. The Morgan fingerprint density at radius 1 is 1.39 bits per heavy atom. The largest absolute Gasteiger partial charge is 0.508 e. The van der Waals surface area contributed by atoms with Crippen molar-refractivity contribution in [3.63, 3.8) is 0 Å². The van der Waals surface area contributed by atoms with Crippen LogP contribution in [0.2, 0.25) is 0 Å². The molecule has 0 fully saturated rings. The first-order chi connectivity index (χ1) is 8.56. The Balaban J connectivity index is 2.03. The van der Waals surface area contributed by atoms with Crippen LogP contribution in [0, 0.1) is 6.92 Å². The van der Waals surface area contributed by atoms with Crippen LogP contribution >= 0.6 is 0 Å². The number of hydrogen-bond acceptors (Lipinski definition) is 3. The second kappa shape index (κ2) is 5.23. The SMILES string of the molecule is Cc1ccc(O)c(C(C)NCc2ccn(C)n2)c1. The van der Waals surface area contributed by atoms with Gasteiger partial charge in [0.15, 0.2) is 0 Å². The summed E-state index contributed by atoms with van der Waals surface area (Å²) in [5.41, 5.74) is 3.07. The predicted molar refractivity (Wildman–Crippen MR) is 71.3 cm³/mol. The summed E-state index contributed by atoms with van der Waals surface area (Å²) >= 11 is 0. The average Bonchev–Trinajstić information content (AvgIpc) is 2.75. The van der Waals surface area contributed by atoms with E-state index in [1.165, 1.54) is 0 Å². The molecule has 1 heterocycles. The lowest BCUT2D eigenvalue weighted by molar-refractivity contribution is 0.451. The highest BCUT2D eigenvalue weighted by Gasteiger charge is 2.10. The minimum absolute atomic E-state index is 0.0897. The van der Waals surface area contributed by atoms with Crippen LogP contribution in [0.3, 0.4) is 0 Å². The van der Waals surface area contributed by atoms with Crippen LogP contribution < -0.4 is 5.32 Å². The second-order valence-corrected chi connectivity index (χ2v) is 4.65. The lowest BCUT2D eigenvalue weighted by atomic mass is 10.0. The minimum Gasteiger partial charge on any atom is -0.508 e. The summed E-state index contributed by atoms with van der Waals surface area (Å²) in [4.78, 5) is 0. The van der Waals surface area contributed by atoms with Gasteiger partial charge in [0, 0.05) is 31.4 Å². The van der Waals surface area contributed by atoms with Crippen molar-refractivity contribution in [2.24, 2.45) is 7.05 Å². The van der Waals surface area contributed by atoms with Crippen molar-refractivity contribution in [2.45, 2.75) is 26.4 Å². The van der Waals surface area contributed by atoms with Crippen molar-refractivity contribution >= 4 is 0 Å². The average molecular weight is 245 g/mol. The molecule has 2 aromatic rings. The van der Waals surface area contributed by atoms with Crippen molar-refractivity contribution in [2.75, 3.05) is 0 Å². The van der Waals surface area contributed by atoms with Crippen molar-refractivity contribution in [1.82, 2.24) is 15.1 Å². The molecule has 1 aromatic carbocycles. The Labute approximate surface area is 107 Å². The highest BCUT2D eigenvalue weighted by atomic mass is 16.3. The maximum atomic E-state index is 9.85. The van der Waals surface area contributed by atoms with Crippen molar-refractivity contribution in [3.8, 4) is 5.75 Å². The molecule has 1 unspecified atom stereocenters. The summed E-state index contributed by atoms with van der Waals surface area (Å²) in [6, 6.07) is 7.72. The van der Waals surface area contributed by atoms with E-state index >= 15 is 0 Å². The molecule has 2 N–H and O–H groups in total. The molecule has 18 heavy (non-hydrogen) atoms. The first kappa shape index (κ1) is 12.6. The molecule has 0 aliphatic carbocycles. The van der Waals surface area contributed by atoms with Crippen LogP contribution in [0.5, 0.6) is 5.75 Å². The molecule has 0 bridgehead atoms. The van der Waals surface area contributed by atoms with E-state index in [4.69, 9.17) is 0 Å². The van der Waals surface area contributed by atoms with Gasteiger partial charge in [-0.2, -0.15) is 5.10 Å². The molecule has 96 valence electrons. The third kappa shape index (κ3) is 2.90. The first-order valence-electron chi connectivity index (χ1n) is 6.07. The van der Waals surface area contributed by atoms with Gasteiger partial charge in [0.1, 0.15) is 5.75 Å². The van der Waals surface area contributed by atoms with Crippen molar-refractivity contribution < 1.29 is 5.11 Å². The fourth-order valence-electron chi connectivity index (χ4n) is 1.95. The molecule has 2 rings (SSSR count). The Morgan fingerprint density at radius 2 is 2.17 bits per heavy atom. The zero-order chi connectivity index (χ0) is 13.1. The standard InChI is InChI=1S/C14H19N3O/c1-10-4-5-14(18)13(8-10)11(2)15-9-12-6-7-17(3)16-12/h4-8,11,15,18H,9H2,1-3H3. The monoisotopic (exact) mass is 245 g/mol. The van der Waals surface area contributed by atoms with Gasteiger partial charge in [-0.3, -0.25) is 4.68 Å². The van der Waals surface area contributed by atoms with Crippen molar-refractivity contribution in [1.29, 1.82) is 0 Å². The van der Waals surface area contributed by atoms with E-state index < -0.39 is 0 Å². The van der Waals surface area contributed by atoms with Crippen LogP contribution in [0.15, 0.2) is 30.5 Å². The molecular weight excluding hydrogens is 226 g/mol. The quantitative estimate of drug-likeness (QED) is 0.869. The van der Waals surface area contributed by atoms with Gasteiger partial charge in [0.05, 0.1) is 5.69 Å². The van der Waals surface area contributed by atoms with Crippen LogP contribution in [0.25, 0.3) is 0 Å². The number of benzene rings is 1. The molecule has 1 atom stereocenters. The summed E-state index contributed by atoms with van der Waals surface area (Å²) < 4.78 is 1.78. The predicted octanol–water partition coefficient (Wildman–Crippen LogP) is 2.28. The Kier molecular flexibility index (Phi) is 3.67. The summed E-state index contributed by atoms with van der Waals surface area (Å²) in [7, 11) is 1.90. The topological polar surface area (TPSA) is 50.1 Å². The molecule has 4 nitrogen and oxygen atoms in total. The summed E-state index contributed by atoms with van der Waals surface area (Å²) in [6.45, 7) is 4.75. The highest BCUT2D eigenvalue weighted by molar-refractivity contribution is 5.37. The number of hydrogen-bond donors (Lipinski definition) is 2. The molecule has 0 saturated carbocycles. The number of phenols is 1. The van der Waals surface area contributed by atoms with Gasteiger partial charge < -0.3 is 10.4 Å². The molecule has 1 aromatic heterocycles. The highest BCUT2D eigenvalue weighted by Crippen LogP contribution is 2.25. The molecule has 0 amide bonds. The summed E-state index contributed by atoms with van der Waals surface area (Å²) in [5.74, 6) is 0.335. The Hall–Kier alpha value is -1.81. The molecule has 0 saturated heterocycles. The number of nitrogens with zero attached hydrogens (tertiary/aromatic N) is 2. The lowest BCUT2D eigenvalue weighted by Crippen LogP contribution is -2.18. The van der Waals surface area contributed by atoms with Gasteiger partial charge in [-0.05, 0) is 26.0 Å². The van der Waals surface area contributed by atoms with Gasteiger partial charge in [0.25, 0.3) is 0 Å². The van der Waals surface area contributed by atoms with E-state index in [-0.39, 0.29) is 6.04 Å². The Morgan fingerprint density at radius 3 is 2.83 bits per heavy atom. The van der Waals surface area contributed by atoms with E-state index in [2.05, 4.69) is 10.4 Å². The van der Waals surface area contributed by atoms with E-state index in [1.54, 1.807) is 10.7 Å². The lowest BCUT2D eigenvalue weighted by Gasteiger charge is -2.15. The van der Waals surface area contributed by atoms with Gasteiger partial charge >= 0.3 is 0 Å². The fourth-order valence-corrected chi connectivity index (χ4v) is 1.95. The third-order valence-corrected chi connectivity index (χ3v) is 3.01. The van der Waals surface area contributed by atoms with Gasteiger partial charge in [-0.1, -0.05) is 17.7 Å². The maximum absolute atomic E-state index is 9.85. The van der Waals surface area contributed by atoms with Crippen LogP contribution in [-0.2, 0) is 13.6 Å². The van der Waals surface area contributed by atoms with Crippen LogP contribution in [0.4, 0.5) is 0 Å². The maximum Gasteiger partial charge on any atom is 0.120 e. The van der Waals surface area contributed by atoms with Crippen molar-refractivity contribution in [3.05, 3.63) is 47.3 Å². The Bertz CT molecular complexity index is 534. The van der Waals surface area contributed by atoms with Gasteiger partial charge in [-0.15, -0.1) is 0 Å². The summed E-state index contributed by atoms with van der Waals surface area (Å²) in [5, 5.41) is 17.5. The number of nitrogens with one attached hydrogen (secondary N) is 1. The van der Waals surface area contributed by atoms with E-state index in [9.17, 15) is 5.11 Å². The number of phenolic OH excluding ortho intramolecular Hbond substituents is 1. The molecule has 0 aliphatic rings. The van der Waals surface area contributed by atoms with Gasteiger partial charge in [-0.25, -0.2) is 0 Å². The smallest absolute Gasteiger partial charge is 0.120 e. The zero-order valence-corrected chi connectivity index (χ0v) is 11.0. The number of aromatic nitrogens is 2. The molecule has 4 heteroatoms. The molecular formula is C14H19N3O. The van der Waals surface area contributed by atoms with E-state index in [0.717, 1.165) is 16.8 Å². The van der Waals surface area contributed by atoms with Crippen LogP contribution in [-0.4, -0.2) is 14.9 Å². The third-order valence-electron chi connectivity index (χ3n) is 3.01. The summed E-state index contributed by atoms with van der Waals surface area (Å²) in [6.07, 6.45) is 1.92. The number of aromatic hydroxyl groups is 1. The van der Waals surface area contributed by atoms with E-state index in [1.807, 2.05) is 45.3 Å². The second-order valence-electron chi connectivity index (χ2n) is 4.65. The minimum atomic E-state index is 0.0897.